The van der Waals surface area contributed by atoms with Crippen LogP contribution in [0.25, 0.3) is 16.8 Å². The lowest BCUT2D eigenvalue weighted by Gasteiger charge is -2.31. The number of likely N-dealkylation sites (tertiary alicyclic amines) is 1. The van der Waals surface area contributed by atoms with Crippen molar-refractivity contribution in [3.63, 3.8) is 0 Å². The number of anilines is 1. The van der Waals surface area contributed by atoms with Gasteiger partial charge in [0.15, 0.2) is 23.1 Å². The molecule has 7 nitrogen and oxygen atoms in total. The lowest BCUT2D eigenvalue weighted by Crippen LogP contribution is -2.47. The third-order valence-electron chi connectivity index (χ3n) is 7.50. The minimum Gasteiger partial charge on any atom is -0.444 e. The van der Waals surface area contributed by atoms with Crippen molar-refractivity contribution in [1.82, 2.24) is 19.5 Å². The number of piperidine rings is 2. The Morgan fingerprint density at radius 1 is 1.11 bits per heavy atom. The summed E-state index contributed by atoms with van der Waals surface area (Å²) in [6.45, 7) is 6.14. The number of aromatic nitrogens is 3. The number of nitrogens with zero attached hydrogens (tertiary/aromatic N) is 5. The van der Waals surface area contributed by atoms with Crippen molar-refractivity contribution in [3.05, 3.63) is 47.4 Å². The van der Waals surface area contributed by atoms with Gasteiger partial charge in [-0.2, -0.15) is 18.2 Å². The minimum atomic E-state index is -4.82. The lowest BCUT2D eigenvalue weighted by atomic mass is 9.99. The molecule has 1 aromatic carbocycles. The average Bonchev–Trinajstić information content (AvgIpc) is 3.19. The van der Waals surface area contributed by atoms with Crippen molar-refractivity contribution in [3.8, 4) is 11.1 Å². The Balaban J connectivity index is 1.41. The van der Waals surface area contributed by atoms with Crippen LogP contribution >= 0.6 is 0 Å². The number of pyridine rings is 1. The Labute approximate surface area is 213 Å². The van der Waals surface area contributed by atoms with Crippen molar-refractivity contribution < 1.29 is 35.9 Å². The fraction of sp³-hybridized carbons (Fsp3) is 0.480. The topological polar surface area (TPSA) is 62.7 Å². The standard InChI is InChI=1S/C25H23F6N5O2/c1-23(2,3)38-22(37)34-9-12-6-7-24(11-34)19(12)36(24)21-32-20-15(14-4-5-16(26)18(28)17(14)27)8-13(25(29,30)31)10-35(20)33-21/h4-5,8,10,12,19H,6-7,9,11H2,1-3H3/t12-,19-,24-,36?/m0/s1. The zero-order valence-corrected chi connectivity index (χ0v) is 20.6. The summed E-state index contributed by atoms with van der Waals surface area (Å²) in [6, 6.07) is 2.15. The summed E-state index contributed by atoms with van der Waals surface area (Å²) in [4.78, 5) is 20.7. The average molecular weight is 539 g/mol. The van der Waals surface area contributed by atoms with E-state index < -0.39 is 52.0 Å². The molecule has 2 aromatic heterocycles. The Bertz CT molecular complexity index is 1480. The van der Waals surface area contributed by atoms with E-state index in [1.807, 2.05) is 4.90 Å². The van der Waals surface area contributed by atoms with Gasteiger partial charge in [0.25, 0.3) is 0 Å². The van der Waals surface area contributed by atoms with Crippen LogP contribution in [0, 0.1) is 23.4 Å². The molecule has 1 aliphatic carbocycles. The number of hydrogen-bond donors (Lipinski definition) is 0. The van der Waals surface area contributed by atoms with Gasteiger partial charge in [-0.05, 0) is 57.7 Å². The summed E-state index contributed by atoms with van der Waals surface area (Å²) < 4.78 is 89.7. The first kappa shape index (κ1) is 24.8. The molecule has 3 aromatic rings. The van der Waals surface area contributed by atoms with E-state index in [2.05, 4.69) is 10.1 Å². The van der Waals surface area contributed by atoms with E-state index >= 15 is 0 Å². The number of alkyl halides is 3. The molecule has 0 unspecified atom stereocenters. The van der Waals surface area contributed by atoms with E-state index in [9.17, 15) is 31.1 Å². The Morgan fingerprint density at radius 2 is 1.84 bits per heavy atom. The zero-order valence-electron chi connectivity index (χ0n) is 20.6. The molecule has 0 spiro atoms. The van der Waals surface area contributed by atoms with Crippen molar-refractivity contribution in [2.24, 2.45) is 5.92 Å². The monoisotopic (exact) mass is 539 g/mol. The van der Waals surface area contributed by atoms with Crippen LogP contribution in [0.15, 0.2) is 24.4 Å². The molecular formula is C25H23F6N5O2. The van der Waals surface area contributed by atoms with Crippen LogP contribution in [0.5, 0.6) is 0 Å². The lowest BCUT2D eigenvalue weighted by molar-refractivity contribution is -0.137. The van der Waals surface area contributed by atoms with Crippen molar-refractivity contribution >= 4 is 17.7 Å². The molecule has 1 saturated carbocycles. The summed E-state index contributed by atoms with van der Waals surface area (Å²) in [5, 5.41) is 4.28. The maximum atomic E-state index is 14.7. The highest BCUT2D eigenvalue weighted by Gasteiger charge is 2.73. The number of hydrogen-bond acceptors (Lipinski definition) is 5. The Morgan fingerprint density at radius 3 is 2.53 bits per heavy atom. The van der Waals surface area contributed by atoms with Gasteiger partial charge in [-0.1, -0.05) is 0 Å². The van der Waals surface area contributed by atoms with E-state index in [0.29, 0.717) is 25.2 Å². The number of rotatable bonds is 2. The normalized spacial score (nSPS) is 24.7. The molecule has 6 rings (SSSR count). The molecular weight excluding hydrogens is 516 g/mol. The fourth-order valence-corrected chi connectivity index (χ4v) is 5.98. The first-order valence-electron chi connectivity index (χ1n) is 12.1. The number of carbonyl (C=O) groups is 1. The van der Waals surface area contributed by atoms with Crippen LogP contribution in [0.3, 0.4) is 0 Å². The van der Waals surface area contributed by atoms with Gasteiger partial charge in [0, 0.05) is 30.4 Å². The molecule has 2 aliphatic heterocycles. The van der Waals surface area contributed by atoms with Gasteiger partial charge < -0.3 is 14.5 Å². The summed E-state index contributed by atoms with van der Waals surface area (Å²) in [5.74, 6) is -4.67. The zero-order chi connectivity index (χ0) is 27.4. The first-order chi connectivity index (χ1) is 17.7. The second-order valence-electron chi connectivity index (χ2n) is 11.1. The van der Waals surface area contributed by atoms with Gasteiger partial charge in [-0.15, -0.1) is 5.10 Å². The second kappa shape index (κ2) is 7.76. The molecule has 2 saturated heterocycles. The SMILES string of the molecule is CC(C)(C)OC(=O)N1C[C@@H]2CC[C@]3(C1)[C@H]2N3c1nc2c(-c3ccc(F)c(F)c3F)cc(C(F)(F)F)cn2n1. The molecule has 2 bridgehead atoms. The van der Waals surface area contributed by atoms with E-state index in [0.717, 1.165) is 29.6 Å². The van der Waals surface area contributed by atoms with E-state index in [1.165, 1.54) is 0 Å². The molecule has 38 heavy (non-hydrogen) atoms. The van der Waals surface area contributed by atoms with Crippen LogP contribution in [0.1, 0.15) is 39.2 Å². The number of halogens is 6. The van der Waals surface area contributed by atoms with Crippen LogP contribution in [-0.2, 0) is 10.9 Å². The number of ether oxygens (including phenoxy) is 1. The van der Waals surface area contributed by atoms with Gasteiger partial charge >= 0.3 is 12.3 Å². The quantitative estimate of drug-likeness (QED) is 0.247. The van der Waals surface area contributed by atoms with Crippen LogP contribution in [0.2, 0.25) is 0 Å². The molecule has 0 N–H and O–H groups in total. The highest BCUT2D eigenvalue weighted by Crippen LogP contribution is 2.60. The number of benzene rings is 1. The molecule has 4 heterocycles. The van der Waals surface area contributed by atoms with Crippen molar-refractivity contribution in [2.45, 2.75) is 57.0 Å². The molecule has 13 heteroatoms. The predicted molar refractivity (Wildman–Crippen MR) is 123 cm³/mol. The number of amides is 1. The molecule has 1 amide bonds. The van der Waals surface area contributed by atoms with Crippen LogP contribution in [0.4, 0.5) is 37.1 Å². The summed E-state index contributed by atoms with van der Waals surface area (Å²) in [7, 11) is 0. The van der Waals surface area contributed by atoms with Gasteiger partial charge in [0.2, 0.25) is 5.95 Å². The smallest absolute Gasteiger partial charge is 0.417 e. The highest BCUT2D eigenvalue weighted by atomic mass is 19.4. The van der Waals surface area contributed by atoms with E-state index in [-0.39, 0.29) is 29.1 Å². The molecule has 3 fully saturated rings. The molecule has 3 aliphatic rings. The van der Waals surface area contributed by atoms with Gasteiger partial charge in [-0.25, -0.2) is 22.5 Å². The van der Waals surface area contributed by atoms with E-state index in [4.69, 9.17) is 4.74 Å². The van der Waals surface area contributed by atoms with Gasteiger partial charge in [0.05, 0.1) is 17.1 Å². The second-order valence-corrected chi connectivity index (χ2v) is 11.1. The minimum absolute atomic E-state index is 0.0101. The largest absolute Gasteiger partial charge is 0.444 e. The molecule has 3 atom stereocenters. The summed E-state index contributed by atoms with van der Waals surface area (Å²) in [6.07, 6.45) is -2.94. The van der Waals surface area contributed by atoms with Crippen molar-refractivity contribution in [2.75, 3.05) is 18.0 Å². The van der Waals surface area contributed by atoms with Crippen molar-refractivity contribution in [1.29, 1.82) is 0 Å². The van der Waals surface area contributed by atoms with Crippen LogP contribution in [-0.4, -0.2) is 55.9 Å². The molecule has 0 radical (unpaired) electrons. The summed E-state index contributed by atoms with van der Waals surface area (Å²) in [5.41, 5.74) is -3.39. The maximum Gasteiger partial charge on any atom is 0.417 e. The Kier molecular flexibility index (Phi) is 5.07. The Hall–Kier alpha value is -3.51. The fourth-order valence-electron chi connectivity index (χ4n) is 5.98. The third-order valence-corrected chi connectivity index (χ3v) is 7.50. The third kappa shape index (κ3) is 3.69. The highest BCUT2D eigenvalue weighted by molar-refractivity contribution is 5.80. The van der Waals surface area contributed by atoms with Gasteiger partial charge in [-0.3, -0.25) is 0 Å². The summed E-state index contributed by atoms with van der Waals surface area (Å²) >= 11 is 0. The first-order valence-corrected chi connectivity index (χ1v) is 12.1. The number of carbonyl (C=O) groups excluding carboxylic acids is 1. The predicted octanol–water partition coefficient (Wildman–Crippen LogP) is 5.42. The molecule has 202 valence electrons. The van der Waals surface area contributed by atoms with Crippen LogP contribution < -0.4 is 4.90 Å². The maximum absolute atomic E-state index is 14.7. The van der Waals surface area contributed by atoms with E-state index in [1.54, 1.807) is 25.7 Å². The van der Waals surface area contributed by atoms with Gasteiger partial charge in [0.1, 0.15) is 5.60 Å². The number of fused-ring (bicyclic) bond motifs is 1.